The highest BCUT2D eigenvalue weighted by molar-refractivity contribution is 5.77. The van der Waals surface area contributed by atoms with Crippen LogP contribution in [-0.2, 0) is 11.3 Å². The van der Waals surface area contributed by atoms with E-state index in [-0.39, 0.29) is 5.91 Å². The van der Waals surface area contributed by atoms with Crippen LogP contribution >= 0.6 is 0 Å². The molecule has 0 bridgehead atoms. The molecule has 1 aliphatic carbocycles. The summed E-state index contributed by atoms with van der Waals surface area (Å²) in [4.78, 5) is 16.2. The third-order valence-electron chi connectivity index (χ3n) is 4.70. The van der Waals surface area contributed by atoms with Gasteiger partial charge in [0.05, 0.1) is 13.1 Å². The van der Waals surface area contributed by atoms with Gasteiger partial charge in [-0.2, -0.15) is 0 Å². The van der Waals surface area contributed by atoms with E-state index in [1.165, 1.54) is 0 Å². The van der Waals surface area contributed by atoms with Gasteiger partial charge in [0.2, 0.25) is 5.91 Å². The molecule has 1 fully saturated rings. The highest BCUT2D eigenvalue weighted by Gasteiger charge is 2.25. The Kier molecular flexibility index (Phi) is 6.03. The van der Waals surface area contributed by atoms with Crippen molar-refractivity contribution in [3.05, 3.63) is 23.7 Å². The molecule has 5 heteroatoms. The van der Waals surface area contributed by atoms with E-state index in [0.717, 1.165) is 37.2 Å². The van der Waals surface area contributed by atoms with Crippen molar-refractivity contribution in [2.75, 3.05) is 27.2 Å². The number of furan rings is 1. The molecule has 0 spiro atoms. The molecule has 2 rings (SSSR count). The van der Waals surface area contributed by atoms with Gasteiger partial charge in [0.15, 0.2) is 0 Å². The predicted octanol–water partition coefficient (Wildman–Crippen LogP) is 2.03. The van der Waals surface area contributed by atoms with Gasteiger partial charge in [-0.15, -0.1) is 0 Å². The van der Waals surface area contributed by atoms with Crippen molar-refractivity contribution in [2.45, 2.75) is 45.2 Å². The van der Waals surface area contributed by atoms with Crippen LogP contribution in [0.3, 0.4) is 0 Å². The van der Waals surface area contributed by atoms with Crippen molar-refractivity contribution >= 4 is 5.91 Å². The maximum Gasteiger partial charge on any atom is 0.236 e. The van der Waals surface area contributed by atoms with Gasteiger partial charge >= 0.3 is 0 Å². The maximum absolute atomic E-state index is 12.3. The molecule has 22 heavy (non-hydrogen) atoms. The van der Waals surface area contributed by atoms with E-state index >= 15 is 0 Å². The van der Waals surface area contributed by atoms with Crippen molar-refractivity contribution in [3.8, 4) is 0 Å². The Hall–Kier alpha value is -1.33. The van der Waals surface area contributed by atoms with E-state index in [0.29, 0.717) is 31.7 Å². The van der Waals surface area contributed by atoms with Gasteiger partial charge in [-0.05, 0) is 57.7 Å². The molecule has 0 atom stereocenters. The van der Waals surface area contributed by atoms with Gasteiger partial charge in [-0.3, -0.25) is 9.69 Å². The maximum atomic E-state index is 12.3. The minimum atomic E-state index is 0.112. The van der Waals surface area contributed by atoms with Crippen LogP contribution in [0.1, 0.15) is 37.2 Å². The van der Waals surface area contributed by atoms with Crippen molar-refractivity contribution in [3.63, 3.8) is 0 Å². The zero-order chi connectivity index (χ0) is 16.1. The third kappa shape index (κ3) is 4.58. The van der Waals surface area contributed by atoms with E-state index in [2.05, 4.69) is 4.90 Å². The molecule has 124 valence electrons. The lowest BCUT2D eigenvalue weighted by atomic mass is 9.86. The first-order chi connectivity index (χ1) is 10.5. The molecule has 0 aromatic carbocycles. The number of carbonyl (C=O) groups is 1. The van der Waals surface area contributed by atoms with Crippen LogP contribution in [0, 0.1) is 12.8 Å². The second kappa shape index (κ2) is 7.79. The van der Waals surface area contributed by atoms with Crippen molar-refractivity contribution in [1.82, 2.24) is 9.80 Å². The van der Waals surface area contributed by atoms with E-state index in [4.69, 9.17) is 4.42 Å². The Morgan fingerprint density at radius 1 is 1.27 bits per heavy atom. The largest absolute Gasteiger partial charge is 0.464 e. The fourth-order valence-corrected chi connectivity index (χ4v) is 3.12. The summed E-state index contributed by atoms with van der Waals surface area (Å²) in [5, 5.41) is 9.19. The molecule has 5 nitrogen and oxygen atoms in total. The Bertz CT molecular complexity index is 478. The molecule has 1 aromatic heterocycles. The fraction of sp³-hybridized carbons (Fsp3) is 0.706. The van der Waals surface area contributed by atoms with Gasteiger partial charge in [0.25, 0.3) is 0 Å². The Balaban J connectivity index is 1.78. The number of hydrogen-bond donors (Lipinski definition) is 1. The minimum absolute atomic E-state index is 0.112. The second-order valence-corrected chi connectivity index (χ2v) is 6.53. The number of aliphatic hydroxyl groups excluding tert-OH is 1. The van der Waals surface area contributed by atoms with E-state index in [9.17, 15) is 9.90 Å². The van der Waals surface area contributed by atoms with Crippen LogP contribution in [0.5, 0.6) is 0 Å². The Morgan fingerprint density at radius 3 is 2.50 bits per heavy atom. The van der Waals surface area contributed by atoms with Crippen molar-refractivity contribution in [2.24, 2.45) is 5.92 Å². The van der Waals surface area contributed by atoms with Crippen LogP contribution in [-0.4, -0.2) is 54.1 Å². The van der Waals surface area contributed by atoms with E-state index in [1.54, 1.807) is 4.90 Å². The summed E-state index contributed by atoms with van der Waals surface area (Å²) >= 11 is 0. The molecule has 1 aromatic rings. The van der Waals surface area contributed by atoms with Gasteiger partial charge < -0.3 is 14.4 Å². The summed E-state index contributed by atoms with van der Waals surface area (Å²) in [5.74, 6) is 2.25. The van der Waals surface area contributed by atoms with Gasteiger partial charge in [0, 0.05) is 19.7 Å². The molecule has 1 heterocycles. The van der Waals surface area contributed by atoms with E-state index in [1.807, 2.05) is 33.2 Å². The van der Waals surface area contributed by atoms with Crippen LogP contribution in [0.25, 0.3) is 0 Å². The molecule has 1 aliphatic rings. The SMILES string of the molecule is Cc1ccc(CN(C)C(=O)CN(C)C2CCC(CO)CC2)o1. The quantitative estimate of drug-likeness (QED) is 0.873. The highest BCUT2D eigenvalue weighted by Crippen LogP contribution is 2.26. The third-order valence-corrected chi connectivity index (χ3v) is 4.70. The summed E-state index contributed by atoms with van der Waals surface area (Å²) in [7, 11) is 3.84. The number of aryl methyl sites for hydroxylation is 1. The van der Waals surface area contributed by atoms with Crippen LogP contribution in [0.15, 0.2) is 16.5 Å². The first-order valence-corrected chi connectivity index (χ1v) is 8.10. The molecule has 0 aliphatic heterocycles. The Morgan fingerprint density at radius 2 is 1.95 bits per heavy atom. The monoisotopic (exact) mass is 308 g/mol. The number of amides is 1. The molecule has 0 radical (unpaired) electrons. The van der Waals surface area contributed by atoms with Crippen molar-refractivity contribution < 1.29 is 14.3 Å². The van der Waals surface area contributed by atoms with Gasteiger partial charge in [-0.25, -0.2) is 0 Å². The summed E-state index contributed by atoms with van der Waals surface area (Å²) in [6.45, 7) is 3.14. The molecular weight excluding hydrogens is 280 g/mol. The lowest BCUT2D eigenvalue weighted by Crippen LogP contribution is -2.42. The first-order valence-electron chi connectivity index (χ1n) is 8.10. The molecular formula is C17H28N2O3. The number of aliphatic hydroxyl groups is 1. The summed E-state index contributed by atoms with van der Waals surface area (Å²) in [5.41, 5.74) is 0. The van der Waals surface area contributed by atoms with Crippen LogP contribution < -0.4 is 0 Å². The second-order valence-electron chi connectivity index (χ2n) is 6.53. The first kappa shape index (κ1) is 17.0. The predicted molar refractivity (Wildman–Crippen MR) is 85.4 cm³/mol. The van der Waals surface area contributed by atoms with Crippen LogP contribution in [0.2, 0.25) is 0 Å². The number of nitrogens with zero attached hydrogens (tertiary/aromatic N) is 2. The number of carbonyl (C=O) groups excluding carboxylic acids is 1. The lowest BCUT2D eigenvalue weighted by Gasteiger charge is -2.34. The zero-order valence-corrected chi connectivity index (χ0v) is 13.9. The van der Waals surface area contributed by atoms with Crippen LogP contribution in [0.4, 0.5) is 0 Å². The molecule has 1 saturated carbocycles. The van der Waals surface area contributed by atoms with E-state index < -0.39 is 0 Å². The molecule has 0 unspecified atom stereocenters. The highest BCUT2D eigenvalue weighted by atomic mass is 16.3. The average Bonchev–Trinajstić information content (AvgIpc) is 2.92. The molecule has 0 saturated heterocycles. The van der Waals surface area contributed by atoms with Gasteiger partial charge in [-0.1, -0.05) is 0 Å². The lowest BCUT2D eigenvalue weighted by molar-refractivity contribution is -0.132. The normalized spacial score (nSPS) is 22.0. The molecule has 1 N–H and O–H groups in total. The molecule has 1 amide bonds. The smallest absolute Gasteiger partial charge is 0.236 e. The standard InChI is InChI=1S/C17H28N2O3/c1-13-4-9-16(22-13)10-19(3)17(21)11-18(2)15-7-5-14(12-20)6-8-15/h4,9,14-15,20H,5-8,10-12H2,1-3H3. The summed E-state index contributed by atoms with van der Waals surface area (Å²) < 4.78 is 5.52. The summed E-state index contributed by atoms with van der Waals surface area (Å²) in [6, 6.07) is 4.28. The zero-order valence-electron chi connectivity index (χ0n) is 13.9. The Labute approximate surface area is 132 Å². The number of likely N-dealkylation sites (N-methyl/N-ethyl adjacent to an activating group) is 2. The topological polar surface area (TPSA) is 56.9 Å². The average molecular weight is 308 g/mol. The fourth-order valence-electron chi connectivity index (χ4n) is 3.12. The number of rotatable bonds is 6. The van der Waals surface area contributed by atoms with Gasteiger partial charge in [0.1, 0.15) is 11.5 Å². The van der Waals surface area contributed by atoms with Crippen molar-refractivity contribution in [1.29, 1.82) is 0 Å². The number of hydrogen-bond acceptors (Lipinski definition) is 4. The summed E-state index contributed by atoms with van der Waals surface area (Å²) in [6.07, 6.45) is 4.24. The minimum Gasteiger partial charge on any atom is -0.464 e.